The average molecular weight is 486 g/mol. The van der Waals surface area contributed by atoms with E-state index in [1.807, 2.05) is 31.2 Å². The molecule has 0 fully saturated rings. The Bertz CT molecular complexity index is 1030. The minimum Gasteiger partial charge on any atom is -0.461 e. The summed E-state index contributed by atoms with van der Waals surface area (Å²) in [5.41, 5.74) is 3.11. The summed E-state index contributed by atoms with van der Waals surface area (Å²) < 4.78 is 13.0. The summed E-state index contributed by atoms with van der Waals surface area (Å²) in [6.45, 7) is 5.47. The molecule has 0 radical (unpaired) electrons. The lowest BCUT2D eigenvalue weighted by atomic mass is 10.1. The van der Waals surface area contributed by atoms with E-state index in [9.17, 15) is 9.59 Å². The van der Waals surface area contributed by atoms with Gasteiger partial charge in [-0.1, -0.05) is 28.1 Å². The first kappa shape index (κ1) is 22.7. The van der Waals surface area contributed by atoms with Crippen LogP contribution in [0.25, 0.3) is 16.9 Å². The third-order valence-corrected chi connectivity index (χ3v) is 4.97. The molecule has 0 saturated carbocycles. The lowest BCUT2D eigenvalue weighted by Gasteiger charge is -2.09. The van der Waals surface area contributed by atoms with E-state index < -0.39 is 5.97 Å². The lowest BCUT2D eigenvalue weighted by molar-refractivity contribution is 0.0519. The Labute approximate surface area is 189 Å². The Balaban J connectivity index is 1.89. The van der Waals surface area contributed by atoms with Gasteiger partial charge >= 0.3 is 5.97 Å². The molecule has 3 aromatic rings. The number of nitrogens with zero attached hydrogens (tertiary/aromatic N) is 2. The van der Waals surface area contributed by atoms with Crippen LogP contribution < -0.4 is 5.32 Å². The zero-order chi connectivity index (χ0) is 22.2. The van der Waals surface area contributed by atoms with Crippen LogP contribution in [-0.4, -0.2) is 48.0 Å². The van der Waals surface area contributed by atoms with Gasteiger partial charge in [-0.25, -0.2) is 9.48 Å². The maximum absolute atomic E-state index is 12.3. The zero-order valence-corrected chi connectivity index (χ0v) is 19.0. The van der Waals surface area contributed by atoms with Gasteiger partial charge in [0.05, 0.1) is 24.6 Å². The van der Waals surface area contributed by atoms with Gasteiger partial charge in [0.1, 0.15) is 0 Å². The van der Waals surface area contributed by atoms with Crippen molar-refractivity contribution in [1.29, 1.82) is 0 Å². The molecule has 3 rings (SSSR count). The standard InChI is InChI=1S/C23H24BrN3O4/c1-3-30-14-13-25-22(28)17-7-11-19(12-8-17)27-21(16-5-9-18(24)10-6-16)15-20(26-27)23(29)31-4-2/h5-12,15H,3-4,13-14H2,1-2H3,(H,25,28). The van der Waals surface area contributed by atoms with Crippen molar-refractivity contribution in [3.05, 3.63) is 70.3 Å². The number of nitrogens with one attached hydrogen (secondary N) is 1. The van der Waals surface area contributed by atoms with Gasteiger partial charge in [-0.05, 0) is 56.3 Å². The fraction of sp³-hybridized carbons (Fsp3) is 0.261. The van der Waals surface area contributed by atoms with Gasteiger partial charge in [0.25, 0.3) is 5.91 Å². The third kappa shape index (κ3) is 5.80. The van der Waals surface area contributed by atoms with Crippen molar-refractivity contribution in [2.24, 2.45) is 0 Å². The zero-order valence-electron chi connectivity index (χ0n) is 17.4. The summed E-state index contributed by atoms with van der Waals surface area (Å²) in [5.74, 6) is -0.656. The van der Waals surface area contributed by atoms with Crippen LogP contribution in [0.5, 0.6) is 0 Å². The van der Waals surface area contributed by atoms with Gasteiger partial charge in [-0.3, -0.25) is 4.79 Å². The summed E-state index contributed by atoms with van der Waals surface area (Å²) in [7, 11) is 0. The molecule has 31 heavy (non-hydrogen) atoms. The Kier molecular flexibility index (Phi) is 7.97. The molecule has 0 aliphatic carbocycles. The SMILES string of the molecule is CCOCCNC(=O)c1ccc(-n2nc(C(=O)OCC)cc2-c2ccc(Br)cc2)cc1. The molecule has 0 aliphatic rings. The maximum Gasteiger partial charge on any atom is 0.358 e. The van der Waals surface area contributed by atoms with Gasteiger partial charge < -0.3 is 14.8 Å². The van der Waals surface area contributed by atoms with Crippen LogP contribution in [0.2, 0.25) is 0 Å². The topological polar surface area (TPSA) is 82.5 Å². The predicted molar refractivity (Wildman–Crippen MR) is 121 cm³/mol. The number of hydrogen-bond donors (Lipinski definition) is 1. The van der Waals surface area contributed by atoms with Gasteiger partial charge in [0.15, 0.2) is 5.69 Å². The predicted octanol–water partition coefficient (Wildman–Crippen LogP) is 4.24. The monoisotopic (exact) mass is 485 g/mol. The largest absolute Gasteiger partial charge is 0.461 e. The molecule has 1 N–H and O–H groups in total. The number of benzene rings is 2. The third-order valence-electron chi connectivity index (χ3n) is 4.44. The van der Waals surface area contributed by atoms with Gasteiger partial charge in [0, 0.05) is 28.8 Å². The first-order chi connectivity index (χ1) is 15.0. The van der Waals surface area contributed by atoms with E-state index >= 15 is 0 Å². The Morgan fingerprint density at radius 2 is 1.74 bits per heavy atom. The molecule has 1 amide bonds. The second-order valence-corrected chi connectivity index (χ2v) is 7.47. The van der Waals surface area contributed by atoms with Crippen molar-refractivity contribution < 1.29 is 19.1 Å². The fourth-order valence-electron chi connectivity index (χ4n) is 2.95. The molecule has 0 spiro atoms. The Hall–Kier alpha value is -2.97. The van der Waals surface area contributed by atoms with E-state index in [-0.39, 0.29) is 18.2 Å². The smallest absolute Gasteiger partial charge is 0.358 e. The van der Waals surface area contributed by atoms with Gasteiger partial charge in [0.2, 0.25) is 0 Å². The molecule has 162 valence electrons. The van der Waals surface area contributed by atoms with Crippen LogP contribution in [-0.2, 0) is 9.47 Å². The quantitative estimate of drug-likeness (QED) is 0.361. The number of halogens is 1. The molecule has 0 aliphatic heterocycles. The van der Waals surface area contributed by atoms with Crippen LogP contribution >= 0.6 is 15.9 Å². The first-order valence-corrected chi connectivity index (χ1v) is 10.8. The molecule has 1 aromatic heterocycles. The van der Waals surface area contributed by atoms with E-state index in [0.717, 1.165) is 21.4 Å². The highest BCUT2D eigenvalue weighted by Crippen LogP contribution is 2.26. The fourth-order valence-corrected chi connectivity index (χ4v) is 3.21. The normalized spacial score (nSPS) is 10.7. The summed E-state index contributed by atoms with van der Waals surface area (Å²) >= 11 is 3.44. The minimum atomic E-state index is -0.482. The Morgan fingerprint density at radius 1 is 1.03 bits per heavy atom. The second kappa shape index (κ2) is 10.9. The molecular formula is C23H24BrN3O4. The molecule has 2 aromatic carbocycles. The lowest BCUT2D eigenvalue weighted by Crippen LogP contribution is -2.27. The van der Waals surface area contributed by atoms with Crippen LogP contribution in [0.1, 0.15) is 34.7 Å². The number of rotatable bonds is 9. The summed E-state index contributed by atoms with van der Waals surface area (Å²) in [4.78, 5) is 24.5. The average Bonchev–Trinajstić information content (AvgIpc) is 3.23. The van der Waals surface area contributed by atoms with E-state index in [1.54, 1.807) is 41.9 Å². The molecule has 7 nitrogen and oxygen atoms in total. The molecule has 0 saturated heterocycles. The molecule has 0 unspecified atom stereocenters. The maximum atomic E-state index is 12.3. The molecule has 1 heterocycles. The van der Waals surface area contributed by atoms with Crippen LogP contribution in [0.3, 0.4) is 0 Å². The van der Waals surface area contributed by atoms with E-state index in [2.05, 4.69) is 26.3 Å². The number of ether oxygens (including phenoxy) is 2. The minimum absolute atomic E-state index is 0.174. The van der Waals surface area contributed by atoms with E-state index in [0.29, 0.717) is 25.3 Å². The van der Waals surface area contributed by atoms with Crippen molar-refractivity contribution in [2.45, 2.75) is 13.8 Å². The number of hydrogen-bond acceptors (Lipinski definition) is 5. The summed E-state index contributed by atoms with van der Waals surface area (Å²) in [5, 5.41) is 7.27. The van der Waals surface area contributed by atoms with Crippen molar-refractivity contribution in [3.63, 3.8) is 0 Å². The number of amides is 1. The van der Waals surface area contributed by atoms with Crippen LogP contribution in [0, 0.1) is 0 Å². The van der Waals surface area contributed by atoms with Crippen LogP contribution in [0.15, 0.2) is 59.1 Å². The van der Waals surface area contributed by atoms with E-state index in [1.165, 1.54) is 0 Å². The van der Waals surface area contributed by atoms with Crippen molar-refractivity contribution in [2.75, 3.05) is 26.4 Å². The van der Waals surface area contributed by atoms with Crippen molar-refractivity contribution in [3.8, 4) is 16.9 Å². The molecule has 0 atom stereocenters. The summed E-state index contributed by atoms with van der Waals surface area (Å²) in [6, 6.07) is 16.5. The number of aromatic nitrogens is 2. The highest BCUT2D eigenvalue weighted by molar-refractivity contribution is 9.10. The Morgan fingerprint density at radius 3 is 2.39 bits per heavy atom. The molecular weight excluding hydrogens is 462 g/mol. The summed E-state index contributed by atoms with van der Waals surface area (Å²) in [6.07, 6.45) is 0. The van der Waals surface area contributed by atoms with Gasteiger partial charge in [-0.2, -0.15) is 5.10 Å². The first-order valence-electron chi connectivity index (χ1n) is 10.0. The highest BCUT2D eigenvalue weighted by Gasteiger charge is 2.18. The number of carbonyl (C=O) groups excluding carboxylic acids is 2. The van der Waals surface area contributed by atoms with E-state index in [4.69, 9.17) is 9.47 Å². The highest BCUT2D eigenvalue weighted by atomic mass is 79.9. The van der Waals surface area contributed by atoms with Crippen molar-refractivity contribution >= 4 is 27.8 Å². The van der Waals surface area contributed by atoms with Crippen molar-refractivity contribution in [1.82, 2.24) is 15.1 Å². The van der Waals surface area contributed by atoms with Gasteiger partial charge in [-0.15, -0.1) is 0 Å². The number of esters is 1. The second-order valence-electron chi connectivity index (χ2n) is 6.55. The molecule has 0 bridgehead atoms. The molecule has 8 heteroatoms. The van der Waals surface area contributed by atoms with Crippen LogP contribution in [0.4, 0.5) is 0 Å². The number of carbonyl (C=O) groups is 2.